The Hall–Kier alpha value is -4.25. The van der Waals surface area contributed by atoms with Gasteiger partial charge in [0.2, 0.25) is 0 Å². The smallest absolute Gasteiger partial charge is 0.272 e. The Kier molecular flexibility index (Phi) is 4.40. The number of fused-ring (bicyclic) bond motifs is 1. The van der Waals surface area contributed by atoms with E-state index >= 15 is 0 Å². The third-order valence-corrected chi connectivity index (χ3v) is 4.26. The van der Waals surface area contributed by atoms with E-state index in [2.05, 4.69) is 31.6 Å². The first-order valence-corrected chi connectivity index (χ1v) is 8.46. The van der Waals surface area contributed by atoms with Crippen molar-refractivity contribution in [2.24, 2.45) is 0 Å². The highest BCUT2D eigenvalue weighted by atomic mass is 16.2. The van der Waals surface area contributed by atoms with Crippen molar-refractivity contribution >= 4 is 16.7 Å². The van der Waals surface area contributed by atoms with Crippen LogP contribution in [0.4, 0.5) is 0 Å². The van der Waals surface area contributed by atoms with E-state index < -0.39 is 5.91 Å². The molecule has 0 saturated heterocycles. The number of imidazole rings is 1. The second-order valence-corrected chi connectivity index (χ2v) is 6.07. The van der Waals surface area contributed by atoms with E-state index in [0.717, 1.165) is 11.3 Å². The molecule has 28 heavy (non-hydrogen) atoms. The molecule has 4 rings (SSSR count). The van der Waals surface area contributed by atoms with Gasteiger partial charge in [0.1, 0.15) is 5.82 Å². The monoisotopic (exact) mass is 370 g/mol. The minimum Gasteiger partial charge on any atom is -0.343 e. The maximum Gasteiger partial charge on any atom is 0.272 e. The Morgan fingerprint density at radius 1 is 1.14 bits per heavy atom. The molecule has 8 nitrogen and oxygen atoms in total. The van der Waals surface area contributed by atoms with Crippen LogP contribution in [0.15, 0.2) is 59.5 Å². The third kappa shape index (κ3) is 3.24. The molecular weight excluding hydrogens is 356 g/mol. The highest BCUT2D eigenvalue weighted by Crippen LogP contribution is 2.18. The van der Waals surface area contributed by atoms with Gasteiger partial charge in [-0.1, -0.05) is 30.3 Å². The van der Waals surface area contributed by atoms with E-state index in [0.29, 0.717) is 22.2 Å². The van der Waals surface area contributed by atoms with Crippen molar-refractivity contribution < 1.29 is 4.79 Å². The van der Waals surface area contributed by atoms with Crippen LogP contribution in [0, 0.1) is 11.3 Å². The zero-order chi connectivity index (χ0) is 19.5. The van der Waals surface area contributed by atoms with Gasteiger partial charge in [-0.05, 0) is 18.2 Å². The predicted molar refractivity (Wildman–Crippen MR) is 102 cm³/mol. The summed E-state index contributed by atoms with van der Waals surface area (Å²) in [5.74, 6) is 0.135. The number of amides is 1. The van der Waals surface area contributed by atoms with Crippen LogP contribution in [0.2, 0.25) is 0 Å². The summed E-state index contributed by atoms with van der Waals surface area (Å²) in [4.78, 5) is 31.7. The SMILES string of the molecule is N#Cc1cccc(-c2cnc(CNC(=O)c3n[nH]c(=O)c4ccccc34)[nH]2)c1. The zero-order valence-corrected chi connectivity index (χ0v) is 14.6. The van der Waals surface area contributed by atoms with Crippen molar-refractivity contribution in [2.45, 2.75) is 6.54 Å². The number of carbonyl (C=O) groups excluding carboxylic acids is 1. The number of rotatable bonds is 4. The van der Waals surface area contributed by atoms with Crippen molar-refractivity contribution in [3.05, 3.63) is 82.2 Å². The molecule has 0 fully saturated rings. The first kappa shape index (κ1) is 17.2. The van der Waals surface area contributed by atoms with Gasteiger partial charge in [-0.25, -0.2) is 10.1 Å². The number of benzene rings is 2. The largest absolute Gasteiger partial charge is 0.343 e. The Labute approximate surface area is 158 Å². The fourth-order valence-electron chi connectivity index (χ4n) is 2.89. The highest BCUT2D eigenvalue weighted by molar-refractivity contribution is 6.04. The maximum atomic E-state index is 12.5. The second-order valence-electron chi connectivity index (χ2n) is 6.07. The van der Waals surface area contributed by atoms with Crippen molar-refractivity contribution in [1.82, 2.24) is 25.5 Å². The van der Waals surface area contributed by atoms with E-state index in [4.69, 9.17) is 5.26 Å². The van der Waals surface area contributed by atoms with Crippen LogP contribution >= 0.6 is 0 Å². The molecule has 0 aliphatic heterocycles. The van der Waals surface area contributed by atoms with E-state index in [1.807, 2.05) is 6.07 Å². The molecule has 0 atom stereocenters. The first-order chi connectivity index (χ1) is 13.7. The standard InChI is InChI=1S/C20H14N6O2/c21-9-12-4-3-5-13(8-12)16-10-22-17(24-16)11-23-20(28)18-14-6-1-2-7-15(14)19(27)26-25-18/h1-8,10H,11H2,(H,22,24)(H,23,28)(H,26,27). The first-order valence-electron chi connectivity index (χ1n) is 8.46. The van der Waals surface area contributed by atoms with E-state index in [9.17, 15) is 9.59 Å². The number of hydrogen-bond donors (Lipinski definition) is 3. The maximum absolute atomic E-state index is 12.5. The average molecular weight is 370 g/mol. The molecule has 1 amide bonds. The van der Waals surface area contributed by atoms with E-state index in [-0.39, 0.29) is 17.8 Å². The molecule has 0 saturated carbocycles. The number of aromatic amines is 2. The zero-order valence-electron chi connectivity index (χ0n) is 14.6. The van der Waals surface area contributed by atoms with Gasteiger partial charge < -0.3 is 10.3 Å². The Morgan fingerprint density at radius 2 is 1.96 bits per heavy atom. The van der Waals surface area contributed by atoms with Gasteiger partial charge >= 0.3 is 0 Å². The molecule has 0 aliphatic rings. The van der Waals surface area contributed by atoms with Crippen LogP contribution in [-0.2, 0) is 6.54 Å². The molecule has 0 unspecified atom stereocenters. The summed E-state index contributed by atoms with van der Waals surface area (Å²) in [5, 5.41) is 18.9. The average Bonchev–Trinajstić information content (AvgIpc) is 3.22. The number of carbonyl (C=O) groups is 1. The number of hydrogen-bond acceptors (Lipinski definition) is 5. The molecule has 0 radical (unpaired) electrons. The molecule has 8 heteroatoms. The summed E-state index contributed by atoms with van der Waals surface area (Å²) in [6.07, 6.45) is 1.64. The van der Waals surface area contributed by atoms with E-state index in [1.165, 1.54) is 0 Å². The van der Waals surface area contributed by atoms with Crippen molar-refractivity contribution in [1.29, 1.82) is 5.26 Å². The van der Waals surface area contributed by atoms with Gasteiger partial charge in [0.15, 0.2) is 5.69 Å². The quantitative estimate of drug-likeness (QED) is 0.507. The fraction of sp³-hybridized carbons (Fsp3) is 0.0500. The molecule has 3 N–H and O–H groups in total. The van der Waals surface area contributed by atoms with Gasteiger partial charge in [-0.3, -0.25) is 9.59 Å². The molecule has 2 aromatic heterocycles. The summed E-state index contributed by atoms with van der Waals surface area (Å²) in [6, 6.07) is 16.0. The third-order valence-electron chi connectivity index (χ3n) is 4.26. The summed E-state index contributed by atoms with van der Waals surface area (Å²) < 4.78 is 0. The normalized spacial score (nSPS) is 10.5. The summed E-state index contributed by atoms with van der Waals surface area (Å²) in [5.41, 5.74) is 1.93. The Bertz CT molecular complexity index is 1280. The highest BCUT2D eigenvalue weighted by Gasteiger charge is 2.14. The second kappa shape index (κ2) is 7.17. The van der Waals surface area contributed by atoms with Gasteiger partial charge in [-0.2, -0.15) is 10.4 Å². The van der Waals surface area contributed by atoms with Crippen LogP contribution < -0.4 is 10.9 Å². The van der Waals surface area contributed by atoms with Gasteiger partial charge in [0.25, 0.3) is 11.5 Å². The minimum atomic E-state index is -0.420. The van der Waals surface area contributed by atoms with E-state index in [1.54, 1.807) is 48.7 Å². The lowest BCUT2D eigenvalue weighted by molar-refractivity contribution is 0.0946. The van der Waals surface area contributed by atoms with Crippen LogP contribution in [0.5, 0.6) is 0 Å². The Morgan fingerprint density at radius 3 is 2.79 bits per heavy atom. The predicted octanol–water partition coefficient (Wildman–Crippen LogP) is 2.11. The minimum absolute atomic E-state index is 0.142. The van der Waals surface area contributed by atoms with Crippen LogP contribution in [0.1, 0.15) is 21.9 Å². The molecule has 0 spiro atoms. The summed E-state index contributed by atoms with van der Waals surface area (Å²) in [7, 11) is 0. The van der Waals surface area contributed by atoms with Crippen LogP contribution in [0.3, 0.4) is 0 Å². The summed E-state index contributed by atoms with van der Waals surface area (Å²) in [6.45, 7) is 0.159. The van der Waals surface area contributed by atoms with Gasteiger partial charge in [0, 0.05) is 10.9 Å². The lowest BCUT2D eigenvalue weighted by atomic mass is 10.1. The lowest BCUT2D eigenvalue weighted by Crippen LogP contribution is -2.26. The van der Waals surface area contributed by atoms with Crippen molar-refractivity contribution in [2.75, 3.05) is 0 Å². The molecular formula is C20H14N6O2. The summed E-state index contributed by atoms with van der Waals surface area (Å²) >= 11 is 0. The Balaban J connectivity index is 1.52. The lowest BCUT2D eigenvalue weighted by Gasteiger charge is -2.05. The number of nitrogens with zero attached hydrogens (tertiary/aromatic N) is 3. The molecule has 0 aliphatic carbocycles. The van der Waals surface area contributed by atoms with Gasteiger partial charge in [-0.15, -0.1) is 0 Å². The number of nitrogens with one attached hydrogen (secondary N) is 3. The van der Waals surface area contributed by atoms with Crippen LogP contribution in [0.25, 0.3) is 22.0 Å². The molecule has 4 aromatic rings. The number of aromatic nitrogens is 4. The van der Waals surface area contributed by atoms with Crippen LogP contribution in [-0.4, -0.2) is 26.1 Å². The van der Waals surface area contributed by atoms with Crippen molar-refractivity contribution in [3.63, 3.8) is 0 Å². The molecule has 0 bridgehead atoms. The van der Waals surface area contributed by atoms with Crippen molar-refractivity contribution in [3.8, 4) is 17.3 Å². The van der Waals surface area contributed by atoms with Gasteiger partial charge in [0.05, 0.1) is 35.5 Å². The molecule has 2 heterocycles. The number of nitriles is 1. The molecule has 2 aromatic carbocycles. The number of H-pyrrole nitrogens is 2. The fourth-order valence-corrected chi connectivity index (χ4v) is 2.89. The topological polar surface area (TPSA) is 127 Å². The molecule has 136 valence electrons.